The van der Waals surface area contributed by atoms with Crippen LogP contribution in [0.2, 0.25) is 0 Å². The first-order chi connectivity index (χ1) is 15.1. The maximum Gasteiger partial charge on any atom is 0.318 e. The Morgan fingerprint density at radius 3 is 2.97 bits per heavy atom. The molecule has 166 valence electrons. The normalized spacial score (nSPS) is 23.9. The van der Waals surface area contributed by atoms with E-state index < -0.39 is 0 Å². The molecule has 1 aromatic heterocycles. The average Bonchev–Trinajstić information content (AvgIpc) is 3.22. The van der Waals surface area contributed by atoms with Crippen molar-refractivity contribution in [1.29, 1.82) is 5.26 Å². The first kappa shape index (κ1) is 21.5. The van der Waals surface area contributed by atoms with Gasteiger partial charge >= 0.3 is 6.01 Å². The van der Waals surface area contributed by atoms with Gasteiger partial charge in [-0.3, -0.25) is 4.79 Å². The van der Waals surface area contributed by atoms with E-state index in [-0.39, 0.29) is 18.4 Å². The minimum absolute atomic E-state index is 0.126. The molecule has 1 amide bonds. The fourth-order valence-electron chi connectivity index (χ4n) is 4.73. The lowest BCUT2D eigenvalue weighted by Gasteiger charge is -2.41. The van der Waals surface area contributed by atoms with Crippen LogP contribution < -0.4 is 15.0 Å². The first-order valence-corrected chi connectivity index (χ1v) is 11.1. The number of nitrogens with one attached hydrogen (secondary N) is 1. The predicted octanol–water partition coefficient (Wildman–Crippen LogP) is 0.570. The van der Waals surface area contributed by atoms with Gasteiger partial charge in [-0.1, -0.05) is 6.58 Å². The number of aromatic nitrogens is 2. The molecule has 2 atom stereocenters. The van der Waals surface area contributed by atoms with Crippen molar-refractivity contribution in [2.75, 3.05) is 57.8 Å². The van der Waals surface area contributed by atoms with E-state index >= 15 is 0 Å². The summed E-state index contributed by atoms with van der Waals surface area (Å²) in [5.74, 6) is 1.26. The van der Waals surface area contributed by atoms with Crippen LogP contribution in [0.3, 0.4) is 0 Å². The number of nitriles is 1. The van der Waals surface area contributed by atoms with Crippen LogP contribution >= 0.6 is 0 Å². The van der Waals surface area contributed by atoms with Crippen molar-refractivity contribution in [1.82, 2.24) is 25.1 Å². The van der Waals surface area contributed by atoms with Crippen LogP contribution in [0.15, 0.2) is 12.7 Å². The van der Waals surface area contributed by atoms with Gasteiger partial charge in [0.15, 0.2) is 0 Å². The molecule has 0 radical (unpaired) electrons. The number of amides is 1. The van der Waals surface area contributed by atoms with E-state index in [1.54, 1.807) is 4.90 Å². The maximum atomic E-state index is 12.2. The molecule has 0 aromatic carbocycles. The van der Waals surface area contributed by atoms with E-state index in [4.69, 9.17) is 14.7 Å². The molecule has 0 aliphatic carbocycles. The zero-order valence-electron chi connectivity index (χ0n) is 18.2. The number of hydrogen-bond donors (Lipinski definition) is 1. The van der Waals surface area contributed by atoms with Crippen LogP contribution in [0.5, 0.6) is 6.01 Å². The molecule has 1 unspecified atom stereocenters. The van der Waals surface area contributed by atoms with E-state index in [1.165, 1.54) is 6.08 Å². The van der Waals surface area contributed by atoms with E-state index in [1.807, 2.05) is 0 Å². The van der Waals surface area contributed by atoms with Crippen LogP contribution in [-0.2, 0) is 17.8 Å². The molecule has 2 fully saturated rings. The summed E-state index contributed by atoms with van der Waals surface area (Å²) in [7, 11) is 2.13. The molecule has 9 heteroatoms. The number of carbonyl (C=O) groups is 1. The highest BCUT2D eigenvalue weighted by molar-refractivity contribution is 5.87. The number of rotatable bonds is 6. The number of piperazine rings is 1. The van der Waals surface area contributed by atoms with E-state index in [0.717, 1.165) is 49.6 Å². The molecule has 4 heterocycles. The Bertz CT molecular complexity index is 868. The highest BCUT2D eigenvalue weighted by atomic mass is 16.5. The van der Waals surface area contributed by atoms with Crippen molar-refractivity contribution in [3.63, 3.8) is 0 Å². The lowest BCUT2D eigenvalue weighted by molar-refractivity contribution is -0.128. The third-order valence-electron chi connectivity index (χ3n) is 6.40. The van der Waals surface area contributed by atoms with Crippen molar-refractivity contribution < 1.29 is 9.53 Å². The van der Waals surface area contributed by atoms with Gasteiger partial charge < -0.3 is 24.8 Å². The Morgan fingerprint density at radius 2 is 2.23 bits per heavy atom. The van der Waals surface area contributed by atoms with E-state index in [9.17, 15) is 10.1 Å². The Labute approximate surface area is 183 Å². The second-order valence-electron chi connectivity index (χ2n) is 8.61. The van der Waals surface area contributed by atoms with Gasteiger partial charge in [0.2, 0.25) is 5.91 Å². The molecule has 0 saturated carbocycles. The Hall–Kier alpha value is -2.70. The number of nitrogens with zero attached hydrogens (tertiary/aromatic N) is 6. The van der Waals surface area contributed by atoms with Crippen molar-refractivity contribution >= 4 is 11.7 Å². The highest BCUT2D eigenvalue weighted by Gasteiger charge is 2.32. The minimum Gasteiger partial charge on any atom is -0.463 e. The summed E-state index contributed by atoms with van der Waals surface area (Å²) in [6.45, 7) is 9.70. The summed E-state index contributed by atoms with van der Waals surface area (Å²) in [6.07, 6.45) is 3.59. The zero-order chi connectivity index (χ0) is 21.8. The number of carbonyl (C=O) groups excluding carboxylic acids is 1. The Morgan fingerprint density at radius 1 is 1.35 bits per heavy atom. The molecule has 0 bridgehead atoms. The number of likely N-dealkylation sites (tertiary alicyclic amines) is 1. The van der Waals surface area contributed by atoms with Gasteiger partial charge in [-0.15, -0.1) is 0 Å². The molecule has 3 aliphatic heterocycles. The molecule has 0 spiro atoms. The fraction of sp³-hybridized carbons (Fsp3) is 0.636. The van der Waals surface area contributed by atoms with Crippen molar-refractivity contribution in [2.45, 2.75) is 31.8 Å². The molecule has 9 nitrogen and oxygen atoms in total. The van der Waals surface area contributed by atoms with Crippen molar-refractivity contribution in [3.8, 4) is 12.1 Å². The second-order valence-corrected chi connectivity index (χ2v) is 8.61. The summed E-state index contributed by atoms with van der Waals surface area (Å²) < 4.78 is 6.05. The molecule has 1 aromatic rings. The monoisotopic (exact) mass is 425 g/mol. The molecule has 2 saturated heterocycles. The van der Waals surface area contributed by atoms with Crippen LogP contribution in [0.4, 0.5) is 5.82 Å². The van der Waals surface area contributed by atoms with Gasteiger partial charge in [0.1, 0.15) is 5.82 Å². The fourth-order valence-corrected chi connectivity index (χ4v) is 4.73. The van der Waals surface area contributed by atoms with Crippen molar-refractivity contribution in [2.24, 2.45) is 5.92 Å². The third-order valence-corrected chi connectivity index (χ3v) is 6.40. The summed E-state index contributed by atoms with van der Waals surface area (Å²) in [5.41, 5.74) is 2.13. The van der Waals surface area contributed by atoms with Gasteiger partial charge in [-0.25, -0.2) is 0 Å². The van der Waals surface area contributed by atoms with E-state index in [0.29, 0.717) is 44.7 Å². The second kappa shape index (κ2) is 9.62. The topological polar surface area (TPSA) is 97.6 Å². The van der Waals surface area contributed by atoms with E-state index in [2.05, 4.69) is 34.8 Å². The summed E-state index contributed by atoms with van der Waals surface area (Å²) in [4.78, 5) is 28.0. The molecular weight excluding hydrogens is 394 g/mol. The number of hydrogen-bond acceptors (Lipinski definition) is 8. The average molecular weight is 426 g/mol. The predicted molar refractivity (Wildman–Crippen MR) is 117 cm³/mol. The van der Waals surface area contributed by atoms with Gasteiger partial charge in [0.05, 0.1) is 30.8 Å². The number of fused-ring (bicyclic) bond motifs is 1. The Kier molecular flexibility index (Phi) is 6.68. The first-order valence-electron chi connectivity index (χ1n) is 11.1. The maximum absolute atomic E-state index is 12.2. The van der Waals surface area contributed by atoms with Crippen molar-refractivity contribution in [3.05, 3.63) is 23.9 Å². The lowest BCUT2D eigenvalue weighted by Crippen LogP contribution is -2.55. The molecule has 31 heavy (non-hydrogen) atoms. The quantitative estimate of drug-likeness (QED) is 0.661. The van der Waals surface area contributed by atoms with Crippen LogP contribution in [-0.4, -0.2) is 84.6 Å². The summed E-state index contributed by atoms with van der Waals surface area (Å²) in [5, 5.41) is 12.7. The zero-order valence-corrected chi connectivity index (χ0v) is 18.2. The highest BCUT2D eigenvalue weighted by Crippen LogP contribution is 2.29. The van der Waals surface area contributed by atoms with Gasteiger partial charge in [0, 0.05) is 44.2 Å². The minimum atomic E-state index is -0.185. The SMILES string of the molecule is C=CC(=O)N1CCN(c2nc(OC[C@@H]3CCN(C)C3)nc3c2CCNC3)CC1CC#N. The van der Waals surface area contributed by atoms with Gasteiger partial charge in [-0.2, -0.15) is 15.2 Å². The standard InChI is InChI=1S/C22H31N7O2/c1-3-20(30)29-11-10-28(14-17(29)4-7-23)21-18-5-8-24-12-19(18)25-22(26-21)31-15-16-6-9-27(2)13-16/h3,16-17,24H,1,4-6,8-15H2,2H3/t16-,17?/m1/s1. The lowest BCUT2D eigenvalue weighted by atomic mass is 10.0. The van der Waals surface area contributed by atoms with Gasteiger partial charge in [-0.05, 0) is 39.1 Å². The van der Waals surface area contributed by atoms with Gasteiger partial charge in [0.25, 0.3) is 0 Å². The van der Waals surface area contributed by atoms with Crippen LogP contribution in [0.1, 0.15) is 24.1 Å². The molecule has 1 N–H and O–H groups in total. The molecule has 3 aliphatic rings. The largest absolute Gasteiger partial charge is 0.463 e. The third kappa shape index (κ3) is 4.81. The molecule has 4 rings (SSSR count). The summed E-state index contributed by atoms with van der Waals surface area (Å²) in [6, 6.07) is 2.46. The summed E-state index contributed by atoms with van der Waals surface area (Å²) >= 11 is 0. The van der Waals surface area contributed by atoms with Crippen LogP contribution in [0, 0.1) is 17.2 Å². The molecular formula is C22H31N7O2. The number of anilines is 1. The number of ether oxygens (including phenoxy) is 1. The van der Waals surface area contributed by atoms with Crippen LogP contribution in [0.25, 0.3) is 0 Å². The smallest absolute Gasteiger partial charge is 0.318 e. The Balaban J connectivity index is 1.55.